The fourth-order valence-corrected chi connectivity index (χ4v) is 3.09. The highest BCUT2D eigenvalue weighted by atomic mass is 16.5. The van der Waals surface area contributed by atoms with Crippen molar-refractivity contribution in [2.24, 2.45) is 0 Å². The Hall–Kier alpha value is -3.55. The van der Waals surface area contributed by atoms with E-state index < -0.39 is 12.1 Å². The summed E-state index contributed by atoms with van der Waals surface area (Å²) in [6.45, 7) is 0.338. The number of carboxylic acid groups (broad SMARTS) is 1. The molecule has 0 spiro atoms. The molecule has 2 aromatic carbocycles. The van der Waals surface area contributed by atoms with Crippen LogP contribution in [0.1, 0.15) is 5.69 Å². The number of nitrogens with one attached hydrogen (secondary N) is 2. The predicted octanol–water partition coefficient (Wildman–Crippen LogP) is 2.42. The lowest BCUT2D eigenvalue weighted by Crippen LogP contribution is -2.50. The number of fused-ring (bicyclic) bond motifs is 2. The molecule has 2 heterocycles. The van der Waals surface area contributed by atoms with Gasteiger partial charge in [0.1, 0.15) is 11.7 Å². The average molecular weight is 352 g/mol. The van der Waals surface area contributed by atoms with Crippen LogP contribution in [0.2, 0.25) is 0 Å². The van der Waals surface area contributed by atoms with Crippen LogP contribution in [-0.4, -0.2) is 34.9 Å². The molecule has 0 saturated heterocycles. The Labute approximate surface area is 148 Å². The monoisotopic (exact) mass is 352 g/mol. The van der Waals surface area contributed by atoms with Crippen molar-refractivity contribution in [1.29, 1.82) is 0 Å². The summed E-state index contributed by atoms with van der Waals surface area (Å²) in [5, 5.41) is 19.3. The Morgan fingerprint density at radius 3 is 2.88 bits per heavy atom. The summed E-state index contributed by atoms with van der Waals surface area (Å²) in [6, 6.07) is 13.8. The van der Waals surface area contributed by atoms with Crippen LogP contribution in [-0.2, 0) is 11.3 Å². The molecule has 1 aliphatic heterocycles. The molecule has 4 rings (SSSR count). The van der Waals surface area contributed by atoms with Crippen molar-refractivity contribution >= 4 is 34.3 Å². The summed E-state index contributed by atoms with van der Waals surface area (Å²) >= 11 is 0. The van der Waals surface area contributed by atoms with Crippen LogP contribution in [0.5, 0.6) is 0 Å². The molecule has 8 heteroatoms. The number of para-hydroxylation sites is 3. The molecule has 3 aromatic rings. The summed E-state index contributed by atoms with van der Waals surface area (Å²) in [7, 11) is 0. The third-order valence-corrected chi connectivity index (χ3v) is 4.31. The van der Waals surface area contributed by atoms with Gasteiger partial charge >= 0.3 is 6.09 Å². The molecule has 1 atom stereocenters. The molecule has 3 N–H and O–H groups in total. The number of amides is 2. The van der Waals surface area contributed by atoms with Crippen molar-refractivity contribution in [2.45, 2.75) is 12.6 Å². The topological polar surface area (TPSA) is 108 Å². The number of anilines is 2. The smallest absolute Gasteiger partial charge is 0.405 e. The second kappa shape index (κ2) is 6.40. The van der Waals surface area contributed by atoms with E-state index in [2.05, 4.69) is 15.8 Å². The Kier molecular flexibility index (Phi) is 3.92. The van der Waals surface area contributed by atoms with Gasteiger partial charge in [-0.05, 0) is 24.3 Å². The molecule has 1 aromatic heterocycles. The van der Waals surface area contributed by atoms with Crippen molar-refractivity contribution in [1.82, 2.24) is 10.5 Å². The number of aromatic nitrogens is 1. The summed E-state index contributed by atoms with van der Waals surface area (Å²) in [4.78, 5) is 25.6. The fourth-order valence-electron chi connectivity index (χ4n) is 3.09. The number of carbonyl (C=O) groups excluding carboxylic acids is 1. The molecule has 0 fully saturated rings. The van der Waals surface area contributed by atoms with E-state index in [9.17, 15) is 9.59 Å². The van der Waals surface area contributed by atoms with Crippen molar-refractivity contribution in [3.63, 3.8) is 0 Å². The molecular formula is C18H16N4O4. The van der Waals surface area contributed by atoms with Crippen LogP contribution >= 0.6 is 0 Å². The van der Waals surface area contributed by atoms with Gasteiger partial charge in [0.05, 0.1) is 17.9 Å². The van der Waals surface area contributed by atoms with Crippen molar-refractivity contribution in [2.75, 3.05) is 16.8 Å². The highest BCUT2D eigenvalue weighted by Gasteiger charge is 2.32. The predicted molar refractivity (Wildman–Crippen MR) is 95.1 cm³/mol. The first-order valence-corrected chi connectivity index (χ1v) is 8.10. The SMILES string of the molecule is O=C(O)NC1CNc2ccccc2N(Cc2noc3ccccc23)C1=O. The summed E-state index contributed by atoms with van der Waals surface area (Å²) in [5.74, 6) is -0.350. The largest absolute Gasteiger partial charge is 0.465 e. The zero-order valence-electron chi connectivity index (χ0n) is 13.7. The molecule has 0 aliphatic carbocycles. The maximum Gasteiger partial charge on any atom is 0.405 e. The maximum absolute atomic E-state index is 13.0. The molecule has 1 unspecified atom stereocenters. The van der Waals surface area contributed by atoms with Gasteiger partial charge < -0.3 is 25.2 Å². The van der Waals surface area contributed by atoms with Crippen LogP contribution in [0.15, 0.2) is 53.1 Å². The molecule has 2 amide bonds. The van der Waals surface area contributed by atoms with Crippen molar-refractivity contribution in [3.8, 4) is 0 Å². The van der Waals surface area contributed by atoms with Crippen molar-refractivity contribution < 1.29 is 19.2 Å². The van der Waals surface area contributed by atoms with Crippen molar-refractivity contribution in [3.05, 3.63) is 54.2 Å². The minimum Gasteiger partial charge on any atom is -0.465 e. The second-order valence-electron chi connectivity index (χ2n) is 5.95. The number of hydrogen-bond acceptors (Lipinski definition) is 5. The van der Waals surface area contributed by atoms with Gasteiger partial charge in [0, 0.05) is 11.9 Å². The number of carbonyl (C=O) groups is 2. The van der Waals surface area contributed by atoms with E-state index in [1.54, 1.807) is 6.07 Å². The van der Waals surface area contributed by atoms with E-state index >= 15 is 0 Å². The average Bonchev–Trinajstić information content (AvgIpc) is 3.00. The third-order valence-electron chi connectivity index (χ3n) is 4.31. The van der Waals surface area contributed by atoms with Crippen LogP contribution in [0.3, 0.4) is 0 Å². The van der Waals surface area contributed by atoms with E-state index in [0.29, 0.717) is 17.0 Å². The zero-order chi connectivity index (χ0) is 18.1. The quantitative estimate of drug-likeness (QED) is 0.668. The van der Waals surface area contributed by atoms with E-state index in [1.807, 2.05) is 42.5 Å². The van der Waals surface area contributed by atoms with Gasteiger partial charge in [-0.2, -0.15) is 0 Å². The second-order valence-corrected chi connectivity index (χ2v) is 5.95. The van der Waals surface area contributed by atoms with Gasteiger partial charge in [-0.15, -0.1) is 0 Å². The molecule has 0 saturated carbocycles. The van der Waals surface area contributed by atoms with Gasteiger partial charge in [-0.25, -0.2) is 4.79 Å². The first-order chi connectivity index (χ1) is 12.6. The lowest BCUT2D eigenvalue weighted by atomic mass is 10.1. The van der Waals surface area contributed by atoms with Crippen LogP contribution in [0.25, 0.3) is 11.0 Å². The molecule has 0 bridgehead atoms. The van der Waals surface area contributed by atoms with E-state index in [4.69, 9.17) is 9.63 Å². The standard InChI is InChI=1S/C18H16N4O4/c23-17-13(20-18(24)25)9-19-12-6-2-3-7-15(12)22(17)10-14-11-5-1-4-8-16(11)26-21-14/h1-8,13,19-20H,9-10H2,(H,24,25). The van der Waals surface area contributed by atoms with Gasteiger partial charge in [-0.3, -0.25) is 4.79 Å². The van der Waals surface area contributed by atoms with E-state index in [1.165, 1.54) is 4.90 Å². The summed E-state index contributed by atoms with van der Waals surface area (Å²) < 4.78 is 5.32. The fraction of sp³-hybridized carbons (Fsp3) is 0.167. The van der Waals surface area contributed by atoms with Gasteiger partial charge in [0.15, 0.2) is 5.58 Å². The Morgan fingerprint density at radius 1 is 1.27 bits per heavy atom. The van der Waals surface area contributed by atoms with Crippen LogP contribution < -0.4 is 15.5 Å². The molecule has 1 aliphatic rings. The van der Waals surface area contributed by atoms with Gasteiger partial charge in [0.2, 0.25) is 0 Å². The minimum atomic E-state index is -1.25. The van der Waals surface area contributed by atoms with E-state index in [0.717, 1.165) is 11.1 Å². The Balaban J connectivity index is 1.74. The van der Waals surface area contributed by atoms with Gasteiger partial charge in [-0.1, -0.05) is 29.4 Å². The molecular weight excluding hydrogens is 336 g/mol. The van der Waals surface area contributed by atoms with Crippen LogP contribution in [0, 0.1) is 0 Å². The lowest BCUT2D eigenvalue weighted by molar-refractivity contribution is -0.120. The third kappa shape index (κ3) is 2.81. The minimum absolute atomic E-state index is 0.165. The highest BCUT2D eigenvalue weighted by molar-refractivity contribution is 6.03. The maximum atomic E-state index is 13.0. The normalized spacial score (nSPS) is 16.7. The number of hydrogen-bond donors (Lipinski definition) is 3. The van der Waals surface area contributed by atoms with Gasteiger partial charge in [0.25, 0.3) is 5.91 Å². The highest BCUT2D eigenvalue weighted by Crippen LogP contribution is 2.31. The van der Waals surface area contributed by atoms with Crippen LogP contribution in [0.4, 0.5) is 16.2 Å². The Bertz CT molecular complexity index is 984. The molecule has 8 nitrogen and oxygen atoms in total. The number of benzene rings is 2. The van der Waals surface area contributed by atoms with E-state index in [-0.39, 0.29) is 19.0 Å². The molecule has 26 heavy (non-hydrogen) atoms. The molecule has 132 valence electrons. The summed E-state index contributed by atoms with van der Waals surface area (Å²) in [5.41, 5.74) is 2.67. The number of nitrogens with zero attached hydrogens (tertiary/aromatic N) is 2. The first kappa shape index (κ1) is 15.9. The number of rotatable bonds is 3. The molecule has 0 radical (unpaired) electrons. The lowest BCUT2D eigenvalue weighted by Gasteiger charge is -2.24. The zero-order valence-corrected chi connectivity index (χ0v) is 13.7. The summed E-state index contributed by atoms with van der Waals surface area (Å²) in [6.07, 6.45) is -1.25. The first-order valence-electron chi connectivity index (χ1n) is 8.10. The Morgan fingerprint density at radius 2 is 2.04 bits per heavy atom.